The van der Waals surface area contributed by atoms with E-state index in [1.807, 2.05) is 0 Å². The molecule has 1 aliphatic heterocycles. The predicted octanol–water partition coefficient (Wildman–Crippen LogP) is 1.12. The van der Waals surface area contributed by atoms with Crippen LogP contribution in [0.5, 0.6) is 0 Å². The summed E-state index contributed by atoms with van der Waals surface area (Å²) in [6, 6.07) is 6.73. The standard InChI is InChI=1S/C15H18ClNO5S/c1-15(6-7-23(20,21)10-15)17-13(18)9-22-14(19)8-11-2-4-12(16)5-3-11/h2-5H,6-10H2,1H3,(H,17,18)/t15-/m0/s1. The fraction of sp³-hybridized carbons (Fsp3) is 0.467. The van der Waals surface area contributed by atoms with Gasteiger partial charge >= 0.3 is 5.97 Å². The van der Waals surface area contributed by atoms with Gasteiger partial charge in [-0.15, -0.1) is 0 Å². The third kappa shape index (κ3) is 5.51. The van der Waals surface area contributed by atoms with Crippen LogP contribution in [0.1, 0.15) is 18.9 Å². The molecule has 0 spiro atoms. The molecule has 1 saturated heterocycles. The largest absolute Gasteiger partial charge is 0.455 e. The van der Waals surface area contributed by atoms with Crippen LogP contribution in [-0.4, -0.2) is 43.9 Å². The van der Waals surface area contributed by atoms with E-state index in [2.05, 4.69) is 5.32 Å². The van der Waals surface area contributed by atoms with Crippen LogP contribution in [0.4, 0.5) is 0 Å². The van der Waals surface area contributed by atoms with Crippen LogP contribution in [0.25, 0.3) is 0 Å². The Morgan fingerprint density at radius 1 is 1.30 bits per heavy atom. The quantitative estimate of drug-likeness (QED) is 0.796. The molecule has 2 rings (SSSR count). The third-order valence-corrected chi connectivity index (χ3v) is 5.73. The summed E-state index contributed by atoms with van der Waals surface area (Å²) in [5.74, 6) is -1.08. The van der Waals surface area contributed by atoms with E-state index < -0.39 is 33.9 Å². The molecule has 1 atom stereocenters. The maximum atomic E-state index is 11.8. The van der Waals surface area contributed by atoms with Crippen LogP contribution in [0.3, 0.4) is 0 Å². The van der Waals surface area contributed by atoms with Crippen molar-refractivity contribution in [1.29, 1.82) is 0 Å². The highest BCUT2D eigenvalue weighted by Gasteiger charge is 2.39. The molecule has 1 aliphatic rings. The van der Waals surface area contributed by atoms with Crippen molar-refractivity contribution in [2.24, 2.45) is 0 Å². The molecular weight excluding hydrogens is 342 g/mol. The van der Waals surface area contributed by atoms with Gasteiger partial charge in [0.25, 0.3) is 5.91 Å². The second-order valence-corrected chi connectivity index (χ2v) is 8.54. The van der Waals surface area contributed by atoms with Gasteiger partial charge in [0.1, 0.15) is 0 Å². The van der Waals surface area contributed by atoms with Crippen molar-refractivity contribution < 1.29 is 22.7 Å². The molecule has 0 bridgehead atoms. The lowest BCUT2D eigenvalue weighted by atomic mass is 10.0. The third-order valence-electron chi connectivity index (χ3n) is 3.57. The number of carbonyl (C=O) groups is 2. The fourth-order valence-corrected chi connectivity index (χ4v) is 4.67. The Labute approximate surface area is 140 Å². The van der Waals surface area contributed by atoms with Gasteiger partial charge < -0.3 is 10.1 Å². The van der Waals surface area contributed by atoms with Crippen molar-refractivity contribution in [1.82, 2.24) is 5.32 Å². The van der Waals surface area contributed by atoms with Crippen molar-refractivity contribution in [2.45, 2.75) is 25.3 Å². The summed E-state index contributed by atoms with van der Waals surface area (Å²) in [5, 5.41) is 3.20. The minimum atomic E-state index is -3.11. The van der Waals surface area contributed by atoms with Crippen LogP contribution in [-0.2, 0) is 30.6 Å². The number of carbonyl (C=O) groups excluding carboxylic acids is 2. The lowest BCUT2D eigenvalue weighted by molar-refractivity contribution is -0.148. The molecule has 1 amide bonds. The van der Waals surface area contributed by atoms with Gasteiger partial charge in [0, 0.05) is 5.02 Å². The van der Waals surface area contributed by atoms with Crippen LogP contribution >= 0.6 is 11.6 Å². The second kappa shape index (κ2) is 6.88. The molecule has 8 heteroatoms. The normalized spacial score (nSPS) is 22.5. The molecular formula is C15H18ClNO5S. The van der Waals surface area contributed by atoms with Crippen molar-refractivity contribution in [2.75, 3.05) is 18.1 Å². The first-order valence-corrected chi connectivity index (χ1v) is 9.29. The minimum Gasteiger partial charge on any atom is -0.455 e. The van der Waals surface area contributed by atoms with Gasteiger partial charge in [0.2, 0.25) is 0 Å². The molecule has 0 radical (unpaired) electrons. The van der Waals surface area contributed by atoms with E-state index in [1.165, 1.54) is 0 Å². The zero-order valence-electron chi connectivity index (χ0n) is 12.7. The van der Waals surface area contributed by atoms with Gasteiger partial charge in [-0.05, 0) is 31.0 Å². The summed E-state index contributed by atoms with van der Waals surface area (Å²) in [7, 11) is -3.11. The number of hydrogen-bond donors (Lipinski definition) is 1. The maximum Gasteiger partial charge on any atom is 0.310 e. The molecule has 0 saturated carbocycles. The summed E-state index contributed by atoms with van der Waals surface area (Å²) in [4.78, 5) is 23.5. The smallest absolute Gasteiger partial charge is 0.310 e. The highest BCUT2D eigenvalue weighted by Crippen LogP contribution is 2.22. The number of amides is 1. The first-order valence-electron chi connectivity index (χ1n) is 7.09. The topological polar surface area (TPSA) is 89.5 Å². The van der Waals surface area contributed by atoms with Gasteiger partial charge in [-0.3, -0.25) is 9.59 Å². The molecule has 6 nitrogen and oxygen atoms in total. The highest BCUT2D eigenvalue weighted by molar-refractivity contribution is 7.91. The lowest BCUT2D eigenvalue weighted by Crippen LogP contribution is -2.48. The molecule has 23 heavy (non-hydrogen) atoms. The summed E-state index contributed by atoms with van der Waals surface area (Å²) < 4.78 is 27.9. The SMILES string of the molecule is C[C@]1(NC(=O)COC(=O)Cc2ccc(Cl)cc2)CCS(=O)(=O)C1. The molecule has 1 fully saturated rings. The van der Waals surface area contributed by atoms with Crippen molar-refractivity contribution in [3.05, 3.63) is 34.9 Å². The summed E-state index contributed by atoms with van der Waals surface area (Å²) in [6.45, 7) is 1.24. The van der Waals surface area contributed by atoms with Crippen LogP contribution in [0.2, 0.25) is 5.02 Å². The number of rotatable bonds is 5. The molecule has 0 aliphatic carbocycles. The van der Waals surface area contributed by atoms with Crippen molar-refractivity contribution in [3.63, 3.8) is 0 Å². The Bertz CT molecular complexity index is 701. The van der Waals surface area contributed by atoms with Gasteiger partial charge in [0.05, 0.1) is 23.5 Å². The maximum absolute atomic E-state index is 11.8. The monoisotopic (exact) mass is 359 g/mol. The Kier molecular flexibility index (Phi) is 5.31. The van der Waals surface area contributed by atoms with Gasteiger partial charge in [-0.25, -0.2) is 8.42 Å². The first kappa shape index (κ1) is 17.7. The Morgan fingerprint density at radius 2 is 1.96 bits per heavy atom. The minimum absolute atomic E-state index is 0.0378. The van der Waals surface area contributed by atoms with Gasteiger partial charge in [0.15, 0.2) is 16.4 Å². The van der Waals surface area contributed by atoms with Gasteiger partial charge in [-0.1, -0.05) is 23.7 Å². The number of sulfone groups is 1. The van der Waals surface area contributed by atoms with E-state index in [0.717, 1.165) is 5.56 Å². The van der Waals surface area contributed by atoms with E-state index in [9.17, 15) is 18.0 Å². The van der Waals surface area contributed by atoms with Gasteiger partial charge in [-0.2, -0.15) is 0 Å². The molecule has 1 aromatic carbocycles. The molecule has 1 aromatic rings. The Balaban J connectivity index is 1.78. The van der Waals surface area contributed by atoms with Crippen LogP contribution in [0.15, 0.2) is 24.3 Å². The molecule has 1 heterocycles. The highest BCUT2D eigenvalue weighted by atomic mass is 35.5. The number of benzene rings is 1. The van der Waals surface area contributed by atoms with Crippen molar-refractivity contribution >= 4 is 33.3 Å². The number of ether oxygens (including phenoxy) is 1. The number of nitrogens with one attached hydrogen (secondary N) is 1. The van der Waals surface area contributed by atoms with E-state index in [1.54, 1.807) is 31.2 Å². The Hall–Kier alpha value is -1.60. The first-order chi connectivity index (χ1) is 10.7. The summed E-state index contributed by atoms with van der Waals surface area (Å²) in [6.07, 6.45) is 0.399. The van der Waals surface area contributed by atoms with E-state index in [0.29, 0.717) is 11.4 Å². The predicted molar refractivity (Wildman–Crippen MR) is 85.9 cm³/mol. The average Bonchev–Trinajstić information content (AvgIpc) is 2.73. The zero-order chi connectivity index (χ0) is 17.1. The summed E-state index contributed by atoms with van der Waals surface area (Å²) in [5.41, 5.74) is -0.0629. The van der Waals surface area contributed by atoms with Crippen molar-refractivity contribution in [3.8, 4) is 0 Å². The van der Waals surface area contributed by atoms with Crippen LogP contribution in [0, 0.1) is 0 Å². The fourth-order valence-electron chi connectivity index (χ4n) is 2.45. The summed E-state index contributed by atoms with van der Waals surface area (Å²) >= 11 is 5.75. The van der Waals surface area contributed by atoms with E-state index >= 15 is 0 Å². The number of esters is 1. The molecule has 1 N–H and O–H groups in total. The molecule has 0 unspecified atom stereocenters. The lowest BCUT2D eigenvalue weighted by Gasteiger charge is -2.23. The molecule has 126 valence electrons. The Morgan fingerprint density at radius 3 is 2.52 bits per heavy atom. The zero-order valence-corrected chi connectivity index (χ0v) is 14.2. The second-order valence-electron chi connectivity index (χ2n) is 5.91. The van der Waals surface area contributed by atoms with E-state index in [-0.39, 0.29) is 17.9 Å². The number of halogens is 1. The average molecular weight is 360 g/mol. The number of hydrogen-bond acceptors (Lipinski definition) is 5. The van der Waals surface area contributed by atoms with Crippen LogP contribution < -0.4 is 5.32 Å². The molecule has 0 aromatic heterocycles. The van der Waals surface area contributed by atoms with E-state index in [4.69, 9.17) is 16.3 Å².